The molecule has 0 spiro atoms. The molecule has 0 radical (unpaired) electrons. The van der Waals surface area contributed by atoms with Crippen LogP contribution >= 0.6 is 0 Å². The maximum atomic E-state index is 12.7. The number of anilines is 1. The average molecular weight is 341 g/mol. The van der Waals surface area contributed by atoms with Crippen molar-refractivity contribution in [3.05, 3.63) is 54.2 Å². The lowest BCUT2D eigenvalue weighted by molar-refractivity contribution is -0.133. The van der Waals surface area contributed by atoms with Gasteiger partial charge in [0.1, 0.15) is 6.54 Å². The van der Waals surface area contributed by atoms with E-state index >= 15 is 0 Å². The fourth-order valence-electron chi connectivity index (χ4n) is 2.65. The minimum absolute atomic E-state index is 0.120. The number of benzene rings is 1. The molecule has 0 saturated heterocycles. The molecule has 0 atom stereocenters. The number of fused-ring (bicyclic) bond motifs is 1. The highest BCUT2D eigenvalue weighted by Gasteiger charge is 2.29. The fraction of sp³-hybridized carbons (Fsp3) is 0.278. The van der Waals surface area contributed by atoms with Crippen LogP contribution < -0.4 is 9.64 Å². The summed E-state index contributed by atoms with van der Waals surface area (Å²) in [5.41, 5.74) is 0.955. The number of hydrogen-bond donors (Lipinski definition) is 1. The van der Waals surface area contributed by atoms with Crippen LogP contribution in [0.25, 0.3) is 0 Å². The van der Waals surface area contributed by atoms with Gasteiger partial charge in [-0.05, 0) is 17.7 Å². The van der Waals surface area contributed by atoms with Crippen LogP contribution in [0.3, 0.4) is 0 Å². The lowest BCUT2D eigenvalue weighted by Gasteiger charge is -2.30. The molecule has 1 aliphatic heterocycles. The molecule has 1 aromatic carbocycles. The maximum absolute atomic E-state index is 12.7. The Hall–Kier alpha value is -2.93. The Morgan fingerprint density at radius 2 is 2.04 bits per heavy atom. The van der Waals surface area contributed by atoms with Gasteiger partial charge in [0.15, 0.2) is 18.2 Å². The van der Waals surface area contributed by atoms with Crippen LogP contribution in [0.1, 0.15) is 5.56 Å². The second kappa shape index (κ2) is 7.76. The number of carbonyl (C=O) groups is 2. The van der Waals surface area contributed by atoms with Crippen LogP contribution in [0.2, 0.25) is 0 Å². The SMILES string of the molecule is O=C(CN1C(=O)COc2cccnc21)N(CCO)Cc1ccccc1. The second-order valence-corrected chi connectivity index (χ2v) is 5.62. The third-order valence-electron chi connectivity index (χ3n) is 3.89. The normalized spacial score (nSPS) is 13.2. The molecule has 2 aromatic rings. The summed E-state index contributed by atoms with van der Waals surface area (Å²) in [6.07, 6.45) is 1.55. The molecule has 2 heterocycles. The third kappa shape index (κ3) is 3.95. The fourth-order valence-corrected chi connectivity index (χ4v) is 2.65. The number of nitrogens with zero attached hydrogens (tertiary/aromatic N) is 3. The zero-order valence-corrected chi connectivity index (χ0v) is 13.7. The van der Waals surface area contributed by atoms with Gasteiger partial charge < -0.3 is 14.7 Å². The van der Waals surface area contributed by atoms with Crippen LogP contribution in [0.5, 0.6) is 5.75 Å². The number of pyridine rings is 1. The molecule has 7 nitrogen and oxygen atoms in total. The Kier molecular flexibility index (Phi) is 5.25. The summed E-state index contributed by atoms with van der Waals surface area (Å²) in [6, 6.07) is 12.9. The second-order valence-electron chi connectivity index (χ2n) is 5.62. The van der Waals surface area contributed by atoms with E-state index in [-0.39, 0.29) is 38.1 Å². The summed E-state index contributed by atoms with van der Waals surface area (Å²) in [4.78, 5) is 31.9. The first kappa shape index (κ1) is 16.9. The molecule has 0 saturated carbocycles. The first-order valence-corrected chi connectivity index (χ1v) is 8.00. The predicted octanol–water partition coefficient (Wildman–Crippen LogP) is 0.828. The molecule has 7 heteroatoms. The van der Waals surface area contributed by atoms with Gasteiger partial charge in [-0.25, -0.2) is 4.98 Å². The molecule has 1 aliphatic rings. The van der Waals surface area contributed by atoms with Gasteiger partial charge in [0.2, 0.25) is 5.91 Å². The molecule has 0 fully saturated rings. The van der Waals surface area contributed by atoms with Crippen LogP contribution in [0, 0.1) is 0 Å². The predicted molar refractivity (Wildman–Crippen MR) is 91.0 cm³/mol. The van der Waals surface area contributed by atoms with Gasteiger partial charge in [0, 0.05) is 19.3 Å². The number of hydrogen-bond acceptors (Lipinski definition) is 5. The van der Waals surface area contributed by atoms with Crippen molar-refractivity contribution in [3.63, 3.8) is 0 Å². The highest BCUT2D eigenvalue weighted by molar-refractivity contribution is 6.01. The van der Waals surface area contributed by atoms with Gasteiger partial charge in [-0.1, -0.05) is 30.3 Å². The zero-order valence-electron chi connectivity index (χ0n) is 13.7. The molecule has 0 bridgehead atoms. The van der Waals surface area contributed by atoms with E-state index in [4.69, 9.17) is 4.74 Å². The number of aliphatic hydroxyl groups is 1. The van der Waals surface area contributed by atoms with Crippen LogP contribution in [0.4, 0.5) is 5.82 Å². The number of amides is 2. The van der Waals surface area contributed by atoms with Crippen molar-refractivity contribution in [3.8, 4) is 5.75 Å². The lowest BCUT2D eigenvalue weighted by atomic mass is 10.2. The molecule has 0 unspecified atom stereocenters. The Bertz CT molecular complexity index is 751. The molecule has 3 rings (SSSR count). The molecular formula is C18H19N3O4. The number of carbonyl (C=O) groups excluding carboxylic acids is 2. The van der Waals surface area contributed by atoms with Crippen LogP contribution in [-0.4, -0.2) is 53.1 Å². The molecule has 130 valence electrons. The average Bonchev–Trinajstić information content (AvgIpc) is 2.64. The first-order chi connectivity index (χ1) is 12.2. The minimum Gasteiger partial charge on any atom is -0.480 e. The Morgan fingerprint density at radius 3 is 2.80 bits per heavy atom. The summed E-state index contributed by atoms with van der Waals surface area (Å²) in [6.45, 7) is 0.156. The Morgan fingerprint density at radius 1 is 1.24 bits per heavy atom. The topological polar surface area (TPSA) is 83.0 Å². The molecule has 1 aromatic heterocycles. The van der Waals surface area contributed by atoms with Gasteiger partial charge in [0.25, 0.3) is 5.91 Å². The Balaban J connectivity index is 1.76. The molecule has 25 heavy (non-hydrogen) atoms. The Labute approximate surface area is 145 Å². The molecule has 1 N–H and O–H groups in total. The summed E-state index contributed by atoms with van der Waals surface area (Å²) >= 11 is 0. The van der Waals surface area contributed by atoms with E-state index in [0.29, 0.717) is 18.1 Å². The van der Waals surface area contributed by atoms with E-state index in [0.717, 1.165) is 5.56 Å². The van der Waals surface area contributed by atoms with E-state index in [9.17, 15) is 14.7 Å². The molecule has 2 amide bonds. The van der Waals surface area contributed by atoms with Gasteiger partial charge in [-0.2, -0.15) is 0 Å². The van der Waals surface area contributed by atoms with Gasteiger partial charge in [-0.15, -0.1) is 0 Å². The van der Waals surface area contributed by atoms with Gasteiger partial charge >= 0.3 is 0 Å². The van der Waals surface area contributed by atoms with E-state index < -0.39 is 0 Å². The van der Waals surface area contributed by atoms with E-state index in [2.05, 4.69) is 4.98 Å². The van der Waals surface area contributed by atoms with Crippen LogP contribution in [0.15, 0.2) is 48.7 Å². The lowest BCUT2D eigenvalue weighted by Crippen LogP contribution is -2.47. The molecular weight excluding hydrogens is 322 g/mol. The highest BCUT2D eigenvalue weighted by Crippen LogP contribution is 2.28. The third-order valence-corrected chi connectivity index (χ3v) is 3.89. The van der Waals surface area contributed by atoms with E-state index in [1.165, 1.54) is 9.80 Å². The van der Waals surface area contributed by atoms with Gasteiger partial charge in [-0.3, -0.25) is 14.5 Å². The zero-order chi connectivity index (χ0) is 17.6. The quantitative estimate of drug-likeness (QED) is 0.841. The summed E-state index contributed by atoms with van der Waals surface area (Å²) in [7, 11) is 0. The summed E-state index contributed by atoms with van der Waals surface area (Å²) < 4.78 is 5.33. The monoisotopic (exact) mass is 341 g/mol. The number of rotatable bonds is 6. The maximum Gasteiger partial charge on any atom is 0.266 e. The number of aromatic nitrogens is 1. The van der Waals surface area contributed by atoms with E-state index in [1.807, 2.05) is 30.3 Å². The smallest absolute Gasteiger partial charge is 0.266 e. The van der Waals surface area contributed by atoms with Crippen molar-refractivity contribution < 1.29 is 19.4 Å². The van der Waals surface area contributed by atoms with Crippen molar-refractivity contribution >= 4 is 17.6 Å². The largest absolute Gasteiger partial charge is 0.480 e. The van der Waals surface area contributed by atoms with Crippen molar-refractivity contribution in [2.75, 3.05) is 31.2 Å². The van der Waals surface area contributed by atoms with Crippen molar-refractivity contribution in [2.24, 2.45) is 0 Å². The van der Waals surface area contributed by atoms with Gasteiger partial charge in [0.05, 0.1) is 6.61 Å². The first-order valence-electron chi connectivity index (χ1n) is 8.00. The summed E-state index contributed by atoms with van der Waals surface area (Å²) in [5.74, 6) is 0.246. The standard InChI is InChI=1S/C18H19N3O4/c22-10-9-20(11-14-5-2-1-3-6-14)16(23)12-21-17(24)13-25-15-7-4-8-19-18(15)21/h1-8,22H,9-13H2. The summed E-state index contributed by atoms with van der Waals surface area (Å²) in [5, 5.41) is 9.27. The highest BCUT2D eigenvalue weighted by atomic mass is 16.5. The van der Waals surface area contributed by atoms with E-state index in [1.54, 1.807) is 18.3 Å². The van der Waals surface area contributed by atoms with Crippen molar-refractivity contribution in [1.82, 2.24) is 9.88 Å². The van der Waals surface area contributed by atoms with Crippen molar-refractivity contribution in [2.45, 2.75) is 6.54 Å². The van der Waals surface area contributed by atoms with Crippen molar-refractivity contribution in [1.29, 1.82) is 0 Å². The number of aliphatic hydroxyl groups excluding tert-OH is 1. The number of ether oxygens (including phenoxy) is 1. The molecule has 0 aliphatic carbocycles. The van der Waals surface area contributed by atoms with Crippen LogP contribution in [-0.2, 0) is 16.1 Å². The minimum atomic E-state index is -0.316.